The second-order valence-corrected chi connectivity index (χ2v) is 6.52. The number of ether oxygens (including phenoxy) is 1. The Labute approximate surface area is 119 Å². The second kappa shape index (κ2) is 7.12. The number of rotatable bonds is 7. The average Bonchev–Trinajstić information content (AvgIpc) is 2.38. The summed E-state index contributed by atoms with van der Waals surface area (Å²) in [6.07, 6.45) is 0. The third kappa shape index (κ3) is 3.76. The molecule has 0 aliphatic rings. The van der Waals surface area contributed by atoms with Gasteiger partial charge in [-0.15, -0.1) is 0 Å². The van der Waals surface area contributed by atoms with E-state index in [4.69, 9.17) is 10.5 Å². The first kappa shape index (κ1) is 17.0. The number of methoxy groups -OCH3 is 1. The fourth-order valence-corrected chi connectivity index (χ4v) is 3.77. The van der Waals surface area contributed by atoms with Crippen LogP contribution in [0.15, 0.2) is 23.1 Å². The number of hydrogen-bond donors (Lipinski definition) is 1. The summed E-state index contributed by atoms with van der Waals surface area (Å²) in [5.41, 5.74) is 5.94. The van der Waals surface area contributed by atoms with Crippen LogP contribution in [0.1, 0.15) is 19.4 Å². The number of nitrogens with zero attached hydrogens (tertiary/aromatic N) is 1. The molecule has 20 heavy (non-hydrogen) atoms. The Morgan fingerprint density at radius 1 is 1.40 bits per heavy atom. The van der Waals surface area contributed by atoms with Crippen LogP contribution in [0.5, 0.6) is 0 Å². The summed E-state index contributed by atoms with van der Waals surface area (Å²) in [7, 11) is -2.31. The highest BCUT2D eigenvalue weighted by molar-refractivity contribution is 7.89. The van der Waals surface area contributed by atoms with Gasteiger partial charge in [0.25, 0.3) is 0 Å². The Kier molecular flexibility index (Phi) is 6.07. The van der Waals surface area contributed by atoms with E-state index < -0.39 is 15.8 Å². The molecule has 0 fully saturated rings. The van der Waals surface area contributed by atoms with Crippen LogP contribution < -0.4 is 5.73 Å². The van der Waals surface area contributed by atoms with Crippen molar-refractivity contribution in [2.75, 3.05) is 20.3 Å². The minimum Gasteiger partial charge on any atom is -0.383 e. The number of halogens is 1. The Morgan fingerprint density at radius 2 is 2.05 bits per heavy atom. The maximum Gasteiger partial charge on any atom is 0.243 e. The van der Waals surface area contributed by atoms with E-state index >= 15 is 0 Å². The Bertz CT molecular complexity index is 547. The fraction of sp³-hybridized carbons (Fsp3) is 0.538. The first-order valence-corrected chi connectivity index (χ1v) is 7.77. The van der Waals surface area contributed by atoms with Crippen molar-refractivity contribution in [3.63, 3.8) is 0 Å². The predicted molar refractivity (Wildman–Crippen MR) is 75.2 cm³/mol. The van der Waals surface area contributed by atoms with Gasteiger partial charge in [0, 0.05) is 26.2 Å². The van der Waals surface area contributed by atoms with E-state index in [1.54, 1.807) is 13.8 Å². The second-order valence-electron chi connectivity index (χ2n) is 4.66. The van der Waals surface area contributed by atoms with Crippen molar-refractivity contribution in [3.05, 3.63) is 29.6 Å². The minimum atomic E-state index is -3.80. The number of sulfonamides is 1. The van der Waals surface area contributed by atoms with Crippen molar-refractivity contribution < 1.29 is 17.5 Å². The first-order valence-electron chi connectivity index (χ1n) is 6.33. The van der Waals surface area contributed by atoms with E-state index in [0.717, 1.165) is 6.07 Å². The lowest BCUT2D eigenvalue weighted by Crippen LogP contribution is -2.39. The van der Waals surface area contributed by atoms with Crippen LogP contribution in [0.3, 0.4) is 0 Å². The third-order valence-electron chi connectivity index (χ3n) is 2.93. The maximum absolute atomic E-state index is 13.4. The molecule has 0 aliphatic carbocycles. The molecule has 0 spiro atoms. The van der Waals surface area contributed by atoms with Gasteiger partial charge in [-0.2, -0.15) is 4.31 Å². The SMILES string of the molecule is COCCN(C(C)C)S(=O)(=O)c1cc(F)ccc1CN. The molecular formula is C13H21FN2O3S. The van der Waals surface area contributed by atoms with E-state index in [2.05, 4.69) is 0 Å². The number of hydrogen-bond acceptors (Lipinski definition) is 4. The quantitative estimate of drug-likeness (QED) is 0.825. The van der Waals surface area contributed by atoms with Gasteiger partial charge < -0.3 is 10.5 Å². The largest absolute Gasteiger partial charge is 0.383 e. The van der Waals surface area contributed by atoms with Crippen LogP contribution in [0.25, 0.3) is 0 Å². The molecule has 1 aromatic rings. The summed E-state index contributed by atoms with van der Waals surface area (Å²) < 4.78 is 44.9. The third-order valence-corrected chi connectivity index (χ3v) is 5.09. The van der Waals surface area contributed by atoms with Crippen LogP contribution in [-0.4, -0.2) is 39.0 Å². The van der Waals surface area contributed by atoms with Crippen LogP contribution in [-0.2, 0) is 21.3 Å². The number of nitrogens with two attached hydrogens (primary N) is 1. The molecule has 0 atom stereocenters. The van der Waals surface area contributed by atoms with E-state index in [0.29, 0.717) is 5.56 Å². The lowest BCUT2D eigenvalue weighted by atomic mass is 10.2. The molecule has 0 amide bonds. The van der Waals surface area contributed by atoms with Crippen molar-refractivity contribution >= 4 is 10.0 Å². The fourth-order valence-electron chi connectivity index (χ4n) is 1.90. The Morgan fingerprint density at radius 3 is 2.55 bits per heavy atom. The monoisotopic (exact) mass is 304 g/mol. The van der Waals surface area contributed by atoms with Gasteiger partial charge in [0.05, 0.1) is 11.5 Å². The molecule has 0 bridgehead atoms. The van der Waals surface area contributed by atoms with E-state index in [1.165, 1.54) is 23.5 Å². The summed E-state index contributed by atoms with van der Waals surface area (Å²) >= 11 is 0. The van der Waals surface area contributed by atoms with Crippen LogP contribution in [0, 0.1) is 5.82 Å². The summed E-state index contributed by atoms with van der Waals surface area (Å²) in [6, 6.07) is 3.36. The van der Waals surface area contributed by atoms with Gasteiger partial charge in [-0.1, -0.05) is 6.07 Å². The van der Waals surface area contributed by atoms with Gasteiger partial charge in [-0.05, 0) is 31.5 Å². The average molecular weight is 304 g/mol. The van der Waals surface area contributed by atoms with E-state index in [1.807, 2.05) is 0 Å². The van der Waals surface area contributed by atoms with Crippen molar-refractivity contribution in [2.24, 2.45) is 5.73 Å². The predicted octanol–water partition coefficient (Wildman–Crippen LogP) is 1.33. The molecular weight excluding hydrogens is 283 g/mol. The van der Waals surface area contributed by atoms with E-state index in [9.17, 15) is 12.8 Å². The van der Waals surface area contributed by atoms with Crippen molar-refractivity contribution in [1.29, 1.82) is 0 Å². The molecule has 0 aromatic heterocycles. The Hall–Kier alpha value is -1.02. The zero-order valence-electron chi connectivity index (χ0n) is 12.0. The lowest BCUT2D eigenvalue weighted by molar-refractivity contribution is 0.171. The highest BCUT2D eigenvalue weighted by Crippen LogP contribution is 2.23. The molecule has 7 heteroatoms. The maximum atomic E-state index is 13.4. The van der Waals surface area contributed by atoms with Crippen molar-refractivity contribution in [3.8, 4) is 0 Å². The van der Waals surface area contributed by atoms with Gasteiger partial charge >= 0.3 is 0 Å². The molecule has 114 valence electrons. The van der Waals surface area contributed by atoms with Crippen molar-refractivity contribution in [1.82, 2.24) is 4.31 Å². The molecule has 0 saturated heterocycles. The van der Waals surface area contributed by atoms with Gasteiger partial charge in [-0.25, -0.2) is 12.8 Å². The Balaban J connectivity index is 3.28. The molecule has 1 aromatic carbocycles. The zero-order chi connectivity index (χ0) is 15.3. The summed E-state index contributed by atoms with van der Waals surface area (Å²) in [4.78, 5) is -0.0789. The zero-order valence-corrected chi connectivity index (χ0v) is 12.8. The van der Waals surface area contributed by atoms with Crippen LogP contribution >= 0.6 is 0 Å². The normalized spacial score (nSPS) is 12.3. The molecule has 1 rings (SSSR count). The smallest absolute Gasteiger partial charge is 0.243 e. The van der Waals surface area contributed by atoms with Gasteiger partial charge in [-0.3, -0.25) is 0 Å². The molecule has 0 heterocycles. The number of benzene rings is 1. The molecule has 0 radical (unpaired) electrons. The van der Waals surface area contributed by atoms with Gasteiger partial charge in [0.1, 0.15) is 5.82 Å². The lowest BCUT2D eigenvalue weighted by Gasteiger charge is -2.26. The highest BCUT2D eigenvalue weighted by Gasteiger charge is 2.29. The molecule has 0 unspecified atom stereocenters. The first-order chi connectivity index (χ1) is 9.34. The summed E-state index contributed by atoms with van der Waals surface area (Å²) in [5.74, 6) is -0.601. The minimum absolute atomic E-state index is 0.0328. The molecule has 2 N–H and O–H groups in total. The molecule has 0 saturated carbocycles. The van der Waals surface area contributed by atoms with Gasteiger partial charge in [0.2, 0.25) is 10.0 Å². The molecule has 5 nitrogen and oxygen atoms in total. The topological polar surface area (TPSA) is 72.6 Å². The van der Waals surface area contributed by atoms with E-state index in [-0.39, 0.29) is 30.6 Å². The summed E-state index contributed by atoms with van der Waals surface area (Å²) in [5, 5.41) is 0. The summed E-state index contributed by atoms with van der Waals surface area (Å²) in [6.45, 7) is 4.02. The molecule has 0 aliphatic heterocycles. The van der Waals surface area contributed by atoms with Crippen LogP contribution in [0.4, 0.5) is 4.39 Å². The highest BCUT2D eigenvalue weighted by atomic mass is 32.2. The standard InChI is InChI=1S/C13H21FN2O3S/c1-10(2)16(6-7-19-3)20(17,18)13-8-12(14)5-4-11(13)9-15/h4-5,8,10H,6-7,9,15H2,1-3H3. The van der Waals surface area contributed by atoms with Gasteiger partial charge in [0.15, 0.2) is 0 Å². The van der Waals surface area contributed by atoms with Crippen molar-refractivity contribution in [2.45, 2.75) is 31.3 Å². The van der Waals surface area contributed by atoms with Crippen LogP contribution in [0.2, 0.25) is 0 Å².